The van der Waals surface area contributed by atoms with Crippen molar-refractivity contribution in [2.75, 3.05) is 50.1 Å². The quantitative estimate of drug-likeness (QED) is 0.860. The second kappa shape index (κ2) is 8.41. The molecule has 0 unspecified atom stereocenters. The molecule has 1 aliphatic heterocycles. The SMILES string of the molecule is CCNc1cccnc1N1CCN(Cc2cc(C)c(OC)c(C)c2)CC1. The minimum Gasteiger partial charge on any atom is -0.496 e. The zero-order chi connectivity index (χ0) is 18.5. The van der Waals surface area contributed by atoms with Crippen LogP contribution in [0.4, 0.5) is 11.5 Å². The molecule has 1 saturated heterocycles. The smallest absolute Gasteiger partial charge is 0.152 e. The maximum atomic E-state index is 5.48. The van der Waals surface area contributed by atoms with E-state index < -0.39 is 0 Å². The Hall–Kier alpha value is -2.27. The summed E-state index contributed by atoms with van der Waals surface area (Å²) in [7, 11) is 1.74. The highest BCUT2D eigenvalue weighted by atomic mass is 16.5. The molecular weight excluding hydrogens is 324 g/mol. The molecular formula is C21H30N4O. The molecule has 1 N–H and O–H groups in total. The minimum absolute atomic E-state index is 0.912. The first-order valence-corrected chi connectivity index (χ1v) is 9.42. The van der Waals surface area contributed by atoms with Crippen molar-refractivity contribution in [1.82, 2.24) is 9.88 Å². The van der Waals surface area contributed by atoms with Crippen LogP contribution in [0.5, 0.6) is 5.75 Å². The molecule has 3 rings (SSSR count). The Bertz CT molecular complexity index is 716. The lowest BCUT2D eigenvalue weighted by atomic mass is 10.0. The number of hydrogen-bond donors (Lipinski definition) is 1. The largest absolute Gasteiger partial charge is 0.496 e. The van der Waals surface area contributed by atoms with Crippen molar-refractivity contribution in [3.05, 3.63) is 47.2 Å². The van der Waals surface area contributed by atoms with Crippen molar-refractivity contribution >= 4 is 11.5 Å². The highest BCUT2D eigenvalue weighted by molar-refractivity contribution is 5.65. The second-order valence-corrected chi connectivity index (χ2v) is 6.93. The summed E-state index contributed by atoms with van der Waals surface area (Å²) in [5.74, 6) is 2.08. The predicted molar refractivity (Wildman–Crippen MR) is 108 cm³/mol. The first kappa shape index (κ1) is 18.5. The van der Waals surface area contributed by atoms with Gasteiger partial charge in [0.1, 0.15) is 5.75 Å². The van der Waals surface area contributed by atoms with Gasteiger partial charge in [-0.3, -0.25) is 4.90 Å². The Kier molecular flexibility index (Phi) is 5.99. The van der Waals surface area contributed by atoms with Crippen LogP contribution in [0.2, 0.25) is 0 Å². The van der Waals surface area contributed by atoms with Crippen LogP contribution >= 0.6 is 0 Å². The number of nitrogens with zero attached hydrogens (tertiary/aromatic N) is 3. The molecule has 1 aliphatic rings. The summed E-state index contributed by atoms with van der Waals surface area (Å²) < 4.78 is 5.48. The lowest BCUT2D eigenvalue weighted by molar-refractivity contribution is 0.249. The summed E-state index contributed by atoms with van der Waals surface area (Å²) in [5.41, 5.74) is 4.92. The standard InChI is InChI=1S/C21H30N4O/c1-5-22-19-7-6-8-23-21(19)25-11-9-24(10-12-25)15-18-13-16(2)20(26-4)17(3)14-18/h6-8,13-14,22H,5,9-12,15H2,1-4H3. The summed E-state index contributed by atoms with van der Waals surface area (Å²) in [6.45, 7) is 12.4. The van der Waals surface area contributed by atoms with Crippen molar-refractivity contribution in [3.63, 3.8) is 0 Å². The van der Waals surface area contributed by atoms with Gasteiger partial charge >= 0.3 is 0 Å². The molecule has 0 bridgehead atoms. The Morgan fingerprint density at radius 2 is 1.81 bits per heavy atom. The minimum atomic E-state index is 0.912. The molecule has 0 saturated carbocycles. The predicted octanol–water partition coefficient (Wildman–Crippen LogP) is 3.46. The molecule has 5 heteroatoms. The number of pyridine rings is 1. The summed E-state index contributed by atoms with van der Waals surface area (Å²) in [6, 6.07) is 8.60. The molecule has 1 aromatic carbocycles. The van der Waals surface area contributed by atoms with Crippen LogP contribution < -0.4 is 15.0 Å². The van der Waals surface area contributed by atoms with E-state index in [0.29, 0.717) is 0 Å². The molecule has 0 spiro atoms. The number of nitrogens with one attached hydrogen (secondary N) is 1. The molecule has 0 atom stereocenters. The van der Waals surface area contributed by atoms with Crippen molar-refractivity contribution in [2.24, 2.45) is 0 Å². The van der Waals surface area contributed by atoms with Crippen LogP contribution in [-0.2, 0) is 6.54 Å². The van der Waals surface area contributed by atoms with Gasteiger partial charge < -0.3 is 15.0 Å². The third kappa shape index (κ3) is 4.10. The van der Waals surface area contributed by atoms with Gasteiger partial charge in [-0.15, -0.1) is 0 Å². The Morgan fingerprint density at radius 3 is 2.42 bits per heavy atom. The highest BCUT2D eigenvalue weighted by Gasteiger charge is 2.20. The van der Waals surface area contributed by atoms with E-state index in [4.69, 9.17) is 4.74 Å². The van der Waals surface area contributed by atoms with E-state index in [1.807, 2.05) is 12.3 Å². The van der Waals surface area contributed by atoms with E-state index in [1.54, 1.807) is 7.11 Å². The molecule has 140 valence electrons. The fourth-order valence-electron chi connectivity index (χ4n) is 3.81. The lowest BCUT2D eigenvalue weighted by Gasteiger charge is -2.36. The molecule has 0 amide bonds. The van der Waals surface area contributed by atoms with E-state index in [1.165, 1.54) is 16.7 Å². The van der Waals surface area contributed by atoms with Crippen LogP contribution in [0, 0.1) is 13.8 Å². The number of benzene rings is 1. The zero-order valence-electron chi connectivity index (χ0n) is 16.4. The lowest BCUT2D eigenvalue weighted by Crippen LogP contribution is -2.46. The van der Waals surface area contributed by atoms with Crippen molar-refractivity contribution in [3.8, 4) is 5.75 Å². The third-order valence-electron chi connectivity index (χ3n) is 4.96. The van der Waals surface area contributed by atoms with Crippen molar-refractivity contribution in [1.29, 1.82) is 0 Å². The molecule has 26 heavy (non-hydrogen) atoms. The Morgan fingerprint density at radius 1 is 1.12 bits per heavy atom. The van der Waals surface area contributed by atoms with Crippen LogP contribution in [0.25, 0.3) is 0 Å². The normalized spacial score (nSPS) is 15.2. The number of piperazine rings is 1. The van der Waals surface area contributed by atoms with E-state index >= 15 is 0 Å². The second-order valence-electron chi connectivity index (χ2n) is 6.93. The van der Waals surface area contributed by atoms with Gasteiger partial charge in [-0.25, -0.2) is 4.98 Å². The first-order chi connectivity index (χ1) is 12.6. The van der Waals surface area contributed by atoms with Gasteiger partial charge in [-0.1, -0.05) is 12.1 Å². The molecule has 0 radical (unpaired) electrons. The fourth-order valence-corrected chi connectivity index (χ4v) is 3.81. The van der Waals surface area contributed by atoms with Gasteiger partial charge in [0, 0.05) is 45.5 Å². The summed E-state index contributed by atoms with van der Waals surface area (Å²) >= 11 is 0. The average Bonchev–Trinajstić information content (AvgIpc) is 2.63. The number of methoxy groups -OCH3 is 1. The van der Waals surface area contributed by atoms with Gasteiger partial charge in [-0.05, 0) is 49.6 Å². The third-order valence-corrected chi connectivity index (χ3v) is 4.96. The fraction of sp³-hybridized carbons (Fsp3) is 0.476. The van der Waals surface area contributed by atoms with Gasteiger partial charge in [-0.2, -0.15) is 0 Å². The number of anilines is 2. The Balaban J connectivity index is 1.63. The van der Waals surface area contributed by atoms with Crippen LogP contribution in [-0.4, -0.2) is 49.7 Å². The molecule has 2 heterocycles. The molecule has 2 aromatic rings. The first-order valence-electron chi connectivity index (χ1n) is 9.42. The van der Waals surface area contributed by atoms with Crippen LogP contribution in [0.15, 0.2) is 30.5 Å². The van der Waals surface area contributed by atoms with Crippen molar-refractivity contribution in [2.45, 2.75) is 27.3 Å². The Labute approximate surface area is 157 Å². The number of ether oxygens (including phenoxy) is 1. The van der Waals surface area contributed by atoms with Gasteiger partial charge in [0.05, 0.1) is 12.8 Å². The van der Waals surface area contributed by atoms with E-state index in [-0.39, 0.29) is 0 Å². The number of hydrogen-bond acceptors (Lipinski definition) is 5. The van der Waals surface area contributed by atoms with Crippen LogP contribution in [0.3, 0.4) is 0 Å². The molecule has 0 aliphatic carbocycles. The van der Waals surface area contributed by atoms with E-state index in [0.717, 1.165) is 56.5 Å². The van der Waals surface area contributed by atoms with Crippen LogP contribution in [0.1, 0.15) is 23.6 Å². The van der Waals surface area contributed by atoms with Crippen molar-refractivity contribution < 1.29 is 4.74 Å². The number of aryl methyl sites for hydroxylation is 2. The topological polar surface area (TPSA) is 40.6 Å². The summed E-state index contributed by atoms with van der Waals surface area (Å²) in [6.07, 6.45) is 1.88. The molecule has 1 fully saturated rings. The summed E-state index contributed by atoms with van der Waals surface area (Å²) in [5, 5.41) is 3.42. The van der Waals surface area contributed by atoms with E-state index in [9.17, 15) is 0 Å². The molecule has 5 nitrogen and oxygen atoms in total. The zero-order valence-corrected chi connectivity index (χ0v) is 16.4. The van der Waals surface area contributed by atoms with E-state index in [2.05, 4.69) is 59.1 Å². The molecule has 1 aromatic heterocycles. The van der Waals surface area contributed by atoms with Gasteiger partial charge in [0.25, 0.3) is 0 Å². The number of rotatable bonds is 6. The number of aromatic nitrogens is 1. The highest BCUT2D eigenvalue weighted by Crippen LogP contribution is 2.26. The van der Waals surface area contributed by atoms with Gasteiger partial charge in [0.2, 0.25) is 0 Å². The maximum absolute atomic E-state index is 5.48. The summed E-state index contributed by atoms with van der Waals surface area (Å²) in [4.78, 5) is 9.51. The monoisotopic (exact) mass is 354 g/mol. The maximum Gasteiger partial charge on any atom is 0.152 e. The van der Waals surface area contributed by atoms with Gasteiger partial charge in [0.15, 0.2) is 5.82 Å². The average molecular weight is 354 g/mol.